The molecule has 0 aliphatic carbocycles. The molecule has 1 aliphatic rings. The molecule has 238 valence electrons. The molecule has 44 heavy (non-hydrogen) atoms. The van der Waals surface area contributed by atoms with Gasteiger partial charge < -0.3 is 9.64 Å². The van der Waals surface area contributed by atoms with Gasteiger partial charge in [0, 0.05) is 63.8 Å². The molecule has 1 aliphatic heterocycles. The Balaban J connectivity index is 0.00000216. The average Bonchev–Trinajstić information content (AvgIpc) is 2.97. The van der Waals surface area contributed by atoms with Gasteiger partial charge in [-0.1, -0.05) is 39.0 Å². The summed E-state index contributed by atoms with van der Waals surface area (Å²) >= 11 is 0. The molecule has 13 nitrogen and oxygen atoms in total. The van der Waals surface area contributed by atoms with Gasteiger partial charge in [-0.05, 0) is 25.0 Å². The Labute approximate surface area is 254 Å². The average molecular weight is 670 g/mol. The number of piperidine rings is 1. The SMILES string of the molecule is CC.CCC(=O)C1CCN(C(=O)COc2cc(S(=O)(=O)O)c3ccc4c(S(=O)(=O)O)cc(S(=O)(=O)O)c5ccc2c3c54)CC1. The molecule has 3 N–H and O–H groups in total. The number of benzene rings is 4. The summed E-state index contributed by atoms with van der Waals surface area (Å²) in [7, 11) is -15.0. The third-order valence-electron chi connectivity index (χ3n) is 7.58. The summed E-state index contributed by atoms with van der Waals surface area (Å²) in [5.74, 6) is -0.646. The van der Waals surface area contributed by atoms with E-state index in [1.54, 1.807) is 6.92 Å². The number of nitrogens with zero attached hydrogens (tertiary/aromatic N) is 1. The minimum absolute atomic E-state index is 0.0585. The Kier molecular flexibility index (Phi) is 9.26. The van der Waals surface area contributed by atoms with Crippen LogP contribution < -0.4 is 4.74 Å². The van der Waals surface area contributed by atoms with Gasteiger partial charge in [0.05, 0.1) is 0 Å². The number of amides is 1. The maximum Gasteiger partial charge on any atom is 0.295 e. The molecule has 0 radical (unpaired) electrons. The second-order valence-electron chi connectivity index (χ2n) is 10.0. The van der Waals surface area contributed by atoms with Crippen LogP contribution in [0.25, 0.3) is 32.3 Å². The van der Waals surface area contributed by atoms with Crippen LogP contribution in [0.3, 0.4) is 0 Å². The highest BCUT2D eigenvalue weighted by Crippen LogP contribution is 2.45. The Hall–Kier alpha value is -3.41. The van der Waals surface area contributed by atoms with Crippen molar-refractivity contribution in [2.24, 2.45) is 5.92 Å². The first-order chi connectivity index (χ1) is 20.5. The van der Waals surface area contributed by atoms with Crippen molar-refractivity contribution >= 4 is 74.4 Å². The van der Waals surface area contributed by atoms with Crippen LogP contribution in [0.4, 0.5) is 0 Å². The lowest BCUT2D eigenvalue weighted by molar-refractivity contribution is -0.136. The van der Waals surface area contributed by atoms with Gasteiger partial charge in [0.15, 0.2) is 6.61 Å². The second-order valence-corrected chi connectivity index (χ2v) is 14.2. The van der Waals surface area contributed by atoms with E-state index < -0.39 is 57.6 Å². The number of ether oxygens (including phenoxy) is 1. The monoisotopic (exact) mass is 669 g/mol. The maximum absolute atomic E-state index is 12.9. The smallest absolute Gasteiger partial charge is 0.295 e. The highest BCUT2D eigenvalue weighted by Gasteiger charge is 2.30. The van der Waals surface area contributed by atoms with E-state index in [1.807, 2.05) is 13.8 Å². The lowest BCUT2D eigenvalue weighted by Crippen LogP contribution is -2.42. The zero-order chi connectivity index (χ0) is 32.8. The van der Waals surface area contributed by atoms with E-state index in [4.69, 9.17) is 4.74 Å². The van der Waals surface area contributed by atoms with Gasteiger partial charge in [-0.3, -0.25) is 23.2 Å². The molecule has 1 heterocycles. The first kappa shape index (κ1) is 33.5. The summed E-state index contributed by atoms with van der Waals surface area (Å²) in [5.41, 5.74) is 0. The summed E-state index contributed by atoms with van der Waals surface area (Å²) < 4.78 is 109. The van der Waals surface area contributed by atoms with Gasteiger partial charge in [-0.2, -0.15) is 25.3 Å². The number of hydrogen-bond donors (Lipinski definition) is 3. The summed E-state index contributed by atoms with van der Waals surface area (Å²) in [5, 5.41) is -0.618. The third kappa shape index (κ3) is 6.23. The van der Waals surface area contributed by atoms with Gasteiger partial charge in [0.25, 0.3) is 36.3 Å². The topological polar surface area (TPSA) is 210 Å². The molecular formula is C28H31NO12S3. The predicted molar refractivity (Wildman–Crippen MR) is 161 cm³/mol. The van der Waals surface area contributed by atoms with E-state index in [0.29, 0.717) is 38.4 Å². The molecule has 0 saturated carbocycles. The van der Waals surface area contributed by atoms with Crippen molar-refractivity contribution < 1.29 is 53.2 Å². The number of rotatable bonds is 8. The van der Waals surface area contributed by atoms with E-state index in [1.165, 1.54) is 23.1 Å². The van der Waals surface area contributed by atoms with Gasteiger partial charge >= 0.3 is 0 Å². The fraction of sp³-hybridized carbons (Fsp3) is 0.357. The van der Waals surface area contributed by atoms with Crippen molar-refractivity contribution in [1.29, 1.82) is 0 Å². The van der Waals surface area contributed by atoms with Crippen LogP contribution in [0.1, 0.15) is 40.0 Å². The summed E-state index contributed by atoms with van der Waals surface area (Å²) in [6.07, 6.45) is 1.40. The first-order valence-corrected chi connectivity index (χ1v) is 18.0. The molecule has 0 spiro atoms. The number of Topliss-reactive ketones (excluding diaryl/α,β-unsaturated/α-hetero) is 1. The first-order valence-electron chi connectivity index (χ1n) is 13.7. The highest BCUT2D eigenvalue weighted by molar-refractivity contribution is 7.87. The van der Waals surface area contributed by atoms with Crippen LogP contribution in [-0.4, -0.2) is 75.2 Å². The van der Waals surface area contributed by atoms with Crippen molar-refractivity contribution in [1.82, 2.24) is 4.90 Å². The minimum Gasteiger partial charge on any atom is -0.483 e. The third-order valence-corrected chi connectivity index (χ3v) is 10.3. The van der Waals surface area contributed by atoms with Crippen molar-refractivity contribution in [3.63, 3.8) is 0 Å². The predicted octanol–water partition coefficient (Wildman–Crippen LogP) is 3.95. The van der Waals surface area contributed by atoms with Crippen molar-refractivity contribution in [2.45, 2.75) is 54.7 Å². The van der Waals surface area contributed by atoms with Crippen LogP contribution in [0.5, 0.6) is 5.75 Å². The molecular weight excluding hydrogens is 639 g/mol. The van der Waals surface area contributed by atoms with E-state index in [-0.39, 0.29) is 49.8 Å². The zero-order valence-corrected chi connectivity index (χ0v) is 26.4. The Morgan fingerprint density at radius 1 is 0.750 bits per heavy atom. The summed E-state index contributed by atoms with van der Waals surface area (Å²) in [6.45, 7) is 5.88. The Morgan fingerprint density at radius 3 is 1.59 bits per heavy atom. The molecule has 4 aromatic rings. The molecule has 16 heteroatoms. The summed E-state index contributed by atoms with van der Waals surface area (Å²) in [6, 6.07) is 6.45. The molecule has 1 fully saturated rings. The van der Waals surface area contributed by atoms with E-state index in [9.17, 15) is 48.5 Å². The molecule has 0 unspecified atom stereocenters. The van der Waals surface area contributed by atoms with Crippen LogP contribution in [-0.2, 0) is 39.9 Å². The van der Waals surface area contributed by atoms with Crippen LogP contribution in [0.15, 0.2) is 51.1 Å². The van der Waals surface area contributed by atoms with Crippen molar-refractivity contribution in [3.05, 3.63) is 36.4 Å². The quantitative estimate of drug-likeness (QED) is 0.180. The normalized spacial score (nSPS) is 15.0. The molecule has 1 amide bonds. The number of carbonyl (C=O) groups excluding carboxylic acids is 2. The van der Waals surface area contributed by atoms with Gasteiger partial charge in [0.1, 0.15) is 26.2 Å². The molecule has 0 atom stereocenters. The Bertz CT molecular complexity index is 2050. The van der Waals surface area contributed by atoms with Crippen LogP contribution >= 0.6 is 0 Å². The molecule has 0 aromatic heterocycles. The van der Waals surface area contributed by atoms with Gasteiger partial charge in [-0.25, -0.2) is 0 Å². The van der Waals surface area contributed by atoms with Gasteiger partial charge in [0.2, 0.25) is 0 Å². The van der Waals surface area contributed by atoms with Crippen molar-refractivity contribution in [3.8, 4) is 5.75 Å². The fourth-order valence-electron chi connectivity index (χ4n) is 5.60. The fourth-order valence-corrected chi connectivity index (χ4v) is 7.80. The zero-order valence-electron chi connectivity index (χ0n) is 24.0. The lowest BCUT2D eigenvalue weighted by Gasteiger charge is -2.31. The van der Waals surface area contributed by atoms with Crippen molar-refractivity contribution in [2.75, 3.05) is 19.7 Å². The molecule has 5 rings (SSSR count). The lowest BCUT2D eigenvalue weighted by atomic mass is 9.91. The molecule has 4 aromatic carbocycles. The standard InChI is InChI=1S/C26H25NO12S3.C2H6/c1-2-19(28)14-7-9-27(10-8-14)24(29)13-39-20-11-21(40(30,31)32)16-5-6-18-23(42(36,37)38)12-22(41(33,34)35)17-4-3-15(20)25(16)26(17)18;1-2/h3-6,11-12,14H,2,7-10,13H2,1H3,(H,30,31,32)(H,33,34,35)(H,36,37,38);1-2H3. The van der Waals surface area contributed by atoms with Crippen LogP contribution in [0, 0.1) is 5.92 Å². The van der Waals surface area contributed by atoms with E-state index in [0.717, 1.165) is 12.1 Å². The minimum atomic E-state index is -5.05. The van der Waals surface area contributed by atoms with Gasteiger partial charge in [-0.15, -0.1) is 0 Å². The number of likely N-dealkylation sites (tertiary alicyclic amines) is 1. The maximum atomic E-state index is 12.9. The van der Waals surface area contributed by atoms with E-state index in [2.05, 4.69) is 0 Å². The number of carbonyl (C=O) groups is 2. The largest absolute Gasteiger partial charge is 0.483 e. The highest BCUT2D eigenvalue weighted by atomic mass is 32.2. The number of hydrogen-bond acceptors (Lipinski definition) is 9. The summed E-state index contributed by atoms with van der Waals surface area (Å²) in [4.78, 5) is 24.0. The second kappa shape index (κ2) is 12.2. The van der Waals surface area contributed by atoms with E-state index >= 15 is 0 Å². The Morgan fingerprint density at radius 2 is 1.16 bits per heavy atom. The molecule has 0 bridgehead atoms. The number of ketones is 1. The molecule has 1 saturated heterocycles. The van der Waals surface area contributed by atoms with Crippen LogP contribution in [0.2, 0.25) is 0 Å².